The van der Waals surface area contributed by atoms with E-state index in [0.717, 1.165) is 57.7 Å². The molecule has 2 saturated heterocycles. The van der Waals surface area contributed by atoms with E-state index in [1.54, 1.807) is 30.9 Å². The standard InChI is InChI=1S/C46H79N7O8/c1-13-32(6)41(51(9)45(57)39(30(2)3)49-44(56)40(31(4)5)50(8)26-27-52-24-21-47-22-25-52)37(59-10)29-38(54)53-23-17-20-36(53)42(60-11)33(7)43(55)48-35(46(58)61-12)28-34-18-15-14-16-19-34/h14-16,18-19,30-33,35-37,39-42,47H,13,17,20-29H2,1-12H3,(H,48,55)(H,49,56)/t32-,33+,35-,36-,37+,39-,40-,41-,42+/m0/s1. The third-order valence-corrected chi connectivity index (χ3v) is 12.9. The number of nitrogens with one attached hydrogen (secondary N) is 3. The van der Waals surface area contributed by atoms with E-state index in [1.807, 2.05) is 72.0 Å². The van der Waals surface area contributed by atoms with Gasteiger partial charge in [0.25, 0.3) is 0 Å². The van der Waals surface area contributed by atoms with Crippen LogP contribution >= 0.6 is 0 Å². The third kappa shape index (κ3) is 14.5. The van der Waals surface area contributed by atoms with Gasteiger partial charge in [0, 0.05) is 73.5 Å². The van der Waals surface area contributed by atoms with Crippen LogP contribution in [0.4, 0.5) is 0 Å². The molecule has 0 aromatic heterocycles. The number of nitrogens with zero attached hydrogens (tertiary/aromatic N) is 4. The van der Waals surface area contributed by atoms with Crippen LogP contribution in [0.2, 0.25) is 0 Å². The number of carbonyl (C=O) groups is 5. The van der Waals surface area contributed by atoms with Crippen molar-refractivity contribution in [3.8, 4) is 0 Å². The average molecular weight is 858 g/mol. The van der Waals surface area contributed by atoms with Crippen molar-refractivity contribution in [1.29, 1.82) is 0 Å². The summed E-state index contributed by atoms with van der Waals surface area (Å²) in [4.78, 5) is 77.4. The van der Waals surface area contributed by atoms with Crippen LogP contribution in [0, 0.1) is 23.7 Å². The number of esters is 1. The Balaban J connectivity index is 1.76. The molecule has 9 atom stereocenters. The molecule has 2 heterocycles. The van der Waals surface area contributed by atoms with Crippen LogP contribution in [0.5, 0.6) is 0 Å². The van der Waals surface area contributed by atoms with Gasteiger partial charge in [-0.1, -0.05) is 85.2 Å². The zero-order valence-corrected chi connectivity index (χ0v) is 39.3. The monoisotopic (exact) mass is 858 g/mol. The van der Waals surface area contributed by atoms with E-state index in [2.05, 4.69) is 32.7 Å². The molecule has 0 spiro atoms. The number of likely N-dealkylation sites (tertiary alicyclic amines) is 1. The quantitative estimate of drug-likeness (QED) is 0.131. The number of ether oxygens (including phenoxy) is 3. The fourth-order valence-electron chi connectivity index (χ4n) is 9.15. The number of methoxy groups -OCH3 is 3. The molecule has 3 rings (SSSR count). The van der Waals surface area contributed by atoms with Crippen LogP contribution < -0.4 is 16.0 Å². The Morgan fingerprint density at radius 1 is 0.869 bits per heavy atom. The molecule has 3 N–H and O–H groups in total. The molecule has 0 saturated carbocycles. The van der Waals surface area contributed by atoms with Crippen LogP contribution in [0.3, 0.4) is 0 Å². The van der Waals surface area contributed by atoms with E-state index in [9.17, 15) is 24.0 Å². The van der Waals surface area contributed by atoms with Crippen molar-refractivity contribution < 1.29 is 38.2 Å². The van der Waals surface area contributed by atoms with Crippen molar-refractivity contribution >= 4 is 29.6 Å². The summed E-state index contributed by atoms with van der Waals surface area (Å²) in [5.74, 6) is -2.42. The first-order chi connectivity index (χ1) is 29.0. The summed E-state index contributed by atoms with van der Waals surface area (Å²) in [7, 11) is 8.12. The Hall–Kier alpha value is -3.63. The highest BCUT2D eigenvalue weighted by atomic mass is 16.5. The van der Waals surface area contributed by atoms with Gasteiger partial charge in [0.15, 0.2) is 0 Å². The highest BCUT2D eigenvalue weighted by Gasteiger charge is 2.43. The van der Waals surface area contributed by atoms with Gasteiger partial charge in [0.05, 0.1) is 49.8 Å². The Kier molecular flexibility index (Phi) is 21.6. The zero-order chi connectivity index (χ0) is 45.4. The van der Waals surface area contributed by atoms with Gasteiger partial charge in [-0.25, -0.2) is 4.79 Å². The molecule has 15 heteroatoms. The molecule has 0 radical (unpaired) electrons. The van der Waals surface area contributed by atoms with Gasteiger partial charge in [0.1, 0.15) is 12.1 Å². The van der Waals surface area contributed by atoms with Gasteiger partial charge in [-0.05, 0) is 43.2 Å². The Morgan fingerprint density at radius 3 is 2.08 bits per heavy atom. The van der Waals surface area contributed by atoms with E-state index in [1.165, 1.54) is 14.2 Å². The topological polar surface area (TPSA) is 162 Å². The van der Waals surface area contributed by atoms with Crippen LogP contribution in [-0.4, -0.2) is 173 Å². The van der Waals surface area contributed by atoms with Gasteiger partial charge in [-0.2, -0.15) is 0 Å². The smallest absolute Gasteiger partial charge is 0.328 e. The maximum atomic E-state index is 14.5. The summed E-state index contributed by atoms with van der Waals surface area (Å²) in [6.45, 7) is 19.7. The van der Waals surface area contributed by atoms with Crippen LogP contribution in [0.1, 0.15) is 79.7 Å². The van der Waals surface area contributed by atoms with Crippen molar-refractivity contribution in [3.63, 3.8) is 0 Å². The maximum Gasteiger partial charge on any atom is 0.328 e. The van der Waals surface area contributed by atoms with E-state index in [0.29, 0.717) is 13.0 Å². The number of hydrogen-bond acceptors (Lipinski definition) is 11. The second-order valence-electron chi connectivity index (χ2n) is 17.9. The fourth-order valence-corrected chi connectivity index (χ4v) is 9.15. The van der Waals surface area contributed by atoms with Crippen molar-refractivity contribution in [1.82, 2.24) is 35.6 Å². The maximum absolute atomic E-state index is 14.5. The van der Waals surface area contributed by atoms with E-state index in [-0.39, 0.29) is 54.2 Å². The molecule has 15 nitrogen and oxygen atoms in total. The lowest BCUT2D eigenvalue weighted by Crippen LogP contribution is -2.60. The van der Waals surface area contributed by atoms with Gasteiger partial charge >= 0.3 is 5.97 Å². The Labute approximate surface area is 366 Å². The summed E-state index contributed by atoms with van der Waals surface area (Å²) < 4.78 is 17.1. The van der Waals surface area contributed by atoms with Crippen molar-refractivity contribution in [3.05, 3.63) is 35.9 Å². The SMILES string of the molecule is CC[C@H](C)[C@@H]([C@@H](CC(=O)N1CCC[C@H]1[C@H](OC)[C@@H](C)C(=O)N[C@@H](Cc1ccccc1)C(=O)OC)OC)N(C)C(=O)[C@@H](NC(=O)[C@H](C(C)C)N(C)CCN1CCNCC1)C(C)C. The van der Waals surface area contributed by atoms with Gasteiger partial charge < -0.3 is 40.0 Å². The average Bonchev–Trinajstić information content (AvgIpc) is 3.74. The molecule has 61 heavy (non-hydrogen) atoms. The van der Waals surface area contributed by atoms with E-state index in [4.69, 9.17) is 14.2 Å². The number of benzene rings is 1. The summed E-state index contributed by atoms with van der Waals surface area (Å²) >= 11 is 0. The number of hydrogen-bond donors (Lipinski definition) is 3. The Bertz CT molecular complexity index is 1530. The predicted octanol–water partition coefficient (Wildman–Crippen LogP) is 2.81. The highest BCUT2D eigenvalue weighted by Crippen LogP contribution is 2.30. The van der Waals surface area contributed by atoms with Gasteiger partial charge in [-0.3, -0.25) is 29.0 Å². The molecular formula is C46H79N7O8. The fraction of sp³-hybridized carbons (Fsp3) is 0.761. The lowest BCUT2D eigenvalue weighted by molar-refractivity contribution is -0.149. The van der Waals surface area contributed by atoms with Crippen LogP contribution in [0.15, 0.2) is 30.3 Å². The normalized spacial score (nSPS) is 20.0. The summed E-state index contributed by atoms with van der Waals surface area (Å²) in [5.41, 5.74) is 0.877. The minimum atomic E-state index is -0.894. The molecule has 4 amide bonds. The molecule has 346 valence electrons. The van der Waals surface area contributed by atoms with E-state index < -0.39 is 54.3 Å². The molecule has 1 aromatic carbocycles. The van der Waals surface area contributed by atoms with Gasteiger partial charge in [0.2, 0.25) is 23.6 Å². The third-order valence-electron chi connectivity index (χ3n) is 12.9. The minimum absolute atomic E-state index is 0.00410. The Morgan fingerprint density at radius 2 is 1.52 bits per heavy atom. The molecule has 1 aromatic rings. The summed E-state index contributed by atoms with van der Waals surface area (Å²) in [6.07, 6.45) is 1.06. The predicted molar refractivity (Wildman–Crippen MR) is 238 cm³/mol. The van der Waals surface area contributed by atoms with Crippen LogP contribution in [-0.2, 0) is 44.6 Å². The largest absolute Gasteiger partial charge is 0.467 e. The van der Waals surface area contributed by atoms with Crippen molar-refractivity contribution in [2.75, 3.05) is 81.2 Å². The zero-order valence-electron chi connectivity index (χ0n) is 39.3. The van der Waals surface area contributed by atoms with Crippen LogP contribution in [0.25, 0.3) is 0 Å². The summed E-state index contributed by atoms with van der Waals surface area (Å²) in [6, 6.07) is 6.43. The number of piperazine rings is 1. The molecule has 0 aliphatic carbocycles. The molecule has 0 bridgehead atoms. The molecule has 2 fully saturated rings. The first-order valence-electron chi connectivity index (χ1n) is 22.5. The number of rotatable bonds is 24. The lowest BCUT2D eigenvalue weighted by Gasteiger charge is -2.41. The van der Waals surface area contributed by atoms with E-state index >= 15 is 0 Å². The van der Waals surface area contributed by atoms with Crippen molar-refractivity contribution in [2.24, 2.45) is 23.7 Å². The second kappa shape index (κ2) is 25.5. The lowest BCUT2D eigenvalue weighted by atomic mass is 9.89. The summed E-state index contributed by atoms with van der Waals surface area (Å²) in [5, 5.41) is 9.40. The molecular weight excluding hydrogens is 779 g/mol. The highest BCUT2D eigenvalue weighted by molar-refractivity contribution is 5.90. The molecule has 0 unspecified atom stereocenters. The van der Waals surface area contributed by atoms with Crippen molar-refractivity contribution in [2.45, 2.75) is 123 Å². The first kappa shape index (κ1) is 51.7. The molecule has 2 aliphatic heterocycles. The number of carbonyl (C=O) groups excluding carboxylic acids is 5. The molecule has 2 aliphatic rings. The number of amides is 4. The van der Waals surface area contributed by atoms with Gasteiger partial charge in [-0.15, -0.1) is 0 Å². The second-order valence-corrected chi connectivity index (χ2v) is 17.9. The minimum Gasteiger partial charge on any atom is -0.467 e. The number of likely N-dealkylation sites (N-methyl/N-ethyl adjacent to an activating group) is 2. The first-order valence-corrected chi connectivity index (χ1v) is 22.5.